The fraction of sp³-hybridized carbons (Fsp3) is 0.343. The molecule has 4 aromatic rings. The number of carbonyl (C=O) groups is 2. The van der Waals surface area contributed by atoms with E-state index in [1.165, 1.54) is 29.0 Å². The van der Waals surface area contributed by atoms with Crippen molar-refractivity contribution in [3.63, 3.8) is 0 Å². The van der Waals surface area contributed by atoms with Crippen molar-refractivity contribution in [2.75, 3.05) is 32.9 Å². The predicted octanol–water partition coefficient (Wildman–Crippen LogP) is 6.27. The molecule has 2 aromatic carbocycles. The molecule has 0 aliphatic heterocycles. The number of nitrogens with zero attached hydrogens (tertiary/aromatic N) is 1. The molecule has 0 unspecified atom stereocenters. The number of carbonyl (C=O) groups excluding carboxylic acids is 2. The van der Waals surface area contributed by atoms with Crippen LogP contribution in [0, 0.1) is 0 Å². The Morgan fingerprint density at radius 3 is 2.23 bits per heavy atom. The summed E-state index contributed by atoms with van der Waals surface area (Å²) in [5.41, 5.74) is 4.11. The van der Waals surface area contributed by atoms with Crippen molar-refractivity contribution in [2.24, 2.45) is 4.99 Å². The van der Waals surface area contributed by atoms with E-state index < -0.39 is 10.0 Å². The van der Waals surface area contributed by atoms with E-state index in [0.717, 1.165) is 27.3 Å². The number of hydrogen-bond donors (Lipinski definition) is 3. The van der Waals surface area contributed by atoms with Gasteiger partial charge in [0.25, 0.3) is 0 Å². The Bertz CT molecular complexity index is 1820. The summed E-state index contributed by atoms with van der Waals surface area (Å²) in [6.07, 6.45) is 0.621. The Labute approximate surface area is 284 Å². The number of benzene rings is 2. The van der Waals surface area contributed by atoms with E-state index in [-0.39, 0.29) is 67.0 Å². The third kappa shape index (κ3) is 9.75. The van der Waals surface area contributed by atoms with Gasteiger partial charge in [0.15, 0.2) is 11.6 Å². The van der Waals surface area contributed by atoms with Gasteiger partial charge in [0, 0.05) is 29.6 Å². The highest BCUT2D eigenvalue weighted by Crippen LogP contribution is 2.39. The Morgan fingerprint density at radius 2 is 1.60 bits per heavy atom. The number of ketones is 2. The molecule has 0 amide bonds. The molecule has 0 bridgehead atoms. The molecule has 2 heterocycles. The minimum atomic E-state index is -3.70. The van der Waals surface area contributed by atoms with Gasteiger partial charge in [-0.2, -0.15) is 0 Å². The lowest BCUT2D eigenvalue weighted by Gasteiger charge is -2.19. The molecule has 250 valence electrons. The van der Waals surface area contributed by atoms with Crippen LogP contribution in [-0.2, 0) is 26.6 Å². The second-order valence-corrected chi connectivity index (χ2v) is 15.7. The number of rotatable bonds is 16. The molecule has 2 aromatic heterocycles. The smallest absolute Gasteiger partial charge is 0.240 e. The summed E-state index contributed by atoms with van der Waals surface area (Å²) < 4.78 is 32.4. The first kappa shape index (κ1) is 36.3. The van der Waals surface area contributed by atoms with Crippen LogP contribution in [0.5, 0.6) is 5.75 Å². The van der Waals surface area contributed by atoms with Gasteiger partial charge in [-0.15, -0.1) is 22.7 Å². The Balaban J connectivity index is 1.30. The summed E-state index contributed by atoms with van der Waals surface area (Å²) in [6.45, 7) is 8.37. The van der Waals surface area contributed by atoms with E-state index in [1.54, 1.807) is 31.2 Å². The number of aliphatic hydroxyl groups excluding tert-OH is 1. The SMILES string of the molecule is CC(=NCC(=O)c1ccc(C(=O)CCc2ccc(S(=O)(=O)NCCOCCO)cc2)s1)c1csc(-c2ccc(C(C)(C)C)cc2)c1O. The van der Waals surface area contributed by atoms with Gasteiger partial charge >= 0.3 is 0 Å². The Kier molecular flexibility index (Phi) is 12.4. The number of aliphatic imine (C=N–C) groups is 1. The maximum atomic E-state index is 12.9. The van der Waals surface area contributed by atoms with E-state index in [1.807, 2.05) is 17.5 Å². The molecule has 0 saturated carbocycles. The van der Waals surface area contributed by atoms with Crippen LogP contribution in [0.4, 0.5) is 0 Å². The van der Waals surface area contributed by atoms with E-state index in [0.29, 0.717) is 27.5 Å². The van der Waals surface area contributed by atoms with Gasteiger partial charge in [0.1, 0.15) is 12.3 Å². The summed E-state index contributed by atoms with van der Waals surface area (Å²) in [5, 5.41) is 21.5. The average molecular weight is 697 g/mol. The highest BCUT2D eigenvalue weighted by Gasteiger charge is 2.19. The van der Waals surface area contributed by atoms with Crippen LogP contribution in [0.2, 0.25) is 0 Å². The zero-order valence-corrected chi connectivity index (χ0v) is 29.4. The lowest BCUT2D eigenvalue weighted by molar-refractivity contribution is 0.0961. The standard InChI is InChI=1S/C35H40N2O7S3/c1-23(28-22-45-34(33(28)41)25-8-10-26(11-9-25)35(2,3)4)36-21-30(40)32-16-15-31(46-32)29(39)14-7-24-5-12-27(13-6-24)47(42,43)37-17-19-44-20-18-38/h5-6,8-13,15-16,22,37-38,41H,7,14,17-21H2,1-4H3. The van der Waals surface area contributed by atoms with Crippen molar-refractivity contribution in [1.82, 2.24) is 4.72 Å². The number of Topliss-reactive ketones (excluding diaryl/α,β-unsaturated/α-hetero) is 2. The fourth-order valence-electron chi connectivity index (χ4n) is 4.64. The first-order chi connectivity index (χ1) is 22.3. The van der Waals surface area contributed by atoms with Crippen molar-refractivity contribution in [3.05, 3.63) is 92.5 Å². The van der Waals surface area contributed by atoms with Gasteiger partial charge in [-0.05, 0) is 59.7 Å². The molecular formula is C35H40N2O7S3. The monoisotopic (exact) mass is 696 g/mol. The summed E-state index contributed by atoms with van der Waals surface area (Å²) in [7, 11) is -3.70. The van der Waals surface area contributed by atoms with E-state index in [2.05, 4.69) is 42.6 Å². The number of aromatic hydroxyl groups is 1. The zero-order valence-electron chi connectivity index (χ0n) is 26.9. The van der Waals surface area contributed by atoms with Crippen LogP contribution in [0.25, 0.3) is 10.4 Å². The quantitative estimate of drug-likeness (QED) is 0.0712. The van der Waals surface area contributed by atoms with Crippen molar-refractivity contribution in [3.8, 4) is 16.2 Å². The Morgan fingerprint density at radius 1 is 0.936 bits per heavy atom. The molecule has 0 spiro atoms. The summed E-state index contributed by atoms with van der Waals surface area (Å²) >= 11 is 2.56. The second kappa shape index (κ2) is 16.1. The molecule has 0 aliphatic carbocycles. The second-order valence-electron chi connectivity index (χ2n) is 11.9. The minimum absolute atomic E-state index is 0.0347. The predicted molar refractivity (Wildman–Crippen MR) is 188 cm³/mol. The lowest BCUT2D eigenvalue weighted by atomic mass is 9.86. The van der Waals surface area contributed by atoms with Crippen LogP contribution >= 0.6 is 22.7 Å². The first-order valence-electron chi connectivity index (χ1n) is 15.2. The molecule has 0 fully saturated rings. The van der Waals surface area contributed by atoms with Crippen molar-refractivity contribution < 1.29 is 33.0 Å². The van der Waals surface area contributed by atoms with E-state index in [9.17, 15) is 23.1 Å². The summed E-state index contributed by atoms with van der Waals surface area (Å²) in [6, 6.07) is 17.7. The molecule has 0 radical (unpaired) electrons. The van der Waals surface area contributed by atoms with Gasteiger partial charge in [-0.25, -0.2) is 13.1 Å². The number of aliphatic hydroxyl groups is 1. The van der Waals surface area contributed by atoms with Gasteiger partial charge in [0.05, 0.1) is 39.3 Å². The van der Waals surface area contributed by atoms with Gasteiger partial charge in [-0.1, -0.05) is 57.2 Å². The number of sulfonamides is 1. The number of nitrogens with one attached hydrogen (secondary N) is 1. The van der Waals surface area contributed by atoms with Crippen molar-refractivity contribution >= 4 is 50.0 Å². The molecular weight excluding hydrogens is 657 g/mol. The fourth-order valence-corrected chi connectivity index (χ4v) is 7.57. The zero-order chi connectivity index (χ0) is 34.2. The van der Waals surface area contributed by atoms with Crippen molar-refractivity contribution in [1.29, 1.82) is 0 Å². The van der Waals surface area contributed by atoms with Crippen LogP contribution in [0.3, 0.4) is 0 Å². The average Bonchev–Trinajstić information content (AvgIpc) is 3.70. The number of ether oxygens (including phenoxy) is 1. The van der Waals surface area contributed by atoms with Crippen LogP contribution in [-0.4, -0.2) is 68.8 Å². The Hall–Kier alpha value is -3.52. The van der Waals surface area contributed by atoms with Gasteiger partial charge in [0.2, 0.25) is 10.0 Å². The third-order valence-electron chi connectivity index (χ3n) is 7.43. The first-order valence-corrected chi connectivity index (χ1v) is 18.3. The molecule has 3 N–H and O–H groups in total. The third-order valence-corrected chi connectivity index (χ3v) is 11.1. The van der Waals surface area contributed by atoms with Crippen LogP contribution < -0.4 is 4.72 Å². The molecule has 0 atom stereocenters. The number of hydrogen-bond acceptors (Lipinski definition) is 10. The molecule has 0 aliphatic rings. The van der Waals surface area contributed by atoms with E-state index in [4.69, 9.17) is 9.84 Å². The van der Waals surface area contributed by atoms with Crippen LogP contribution in [0.1, 0.15) is 70.1 Å². The molecule has 0 saturated heterocycles. The number of thiophene rings is 2. The molecule has 9 nitrogen and oxygen atoms in total. The minimum Gasteiger partial charge on any atom is -0.506 e. The molecule has 4 rings (SSSR count). The maximum Gasteiger partial charge on any atom is 0.240 e. The normalized spacial score (nSPS) is 12.4. The van der Waals surface area contributed by atoms with E-state index >= 15 is 0 Å². The summed E-state index contributed by atoms with van der Waals surface area (Å²) in [4.78, 5) is 32.0. The largest absolute Gasteiger partial charge is 0.506 e. The summed E-state index contributed by atoms with van der Waals surface area (Å²) in [5.74, 6) is -0.183. The maximum absolute atomic E-state index is 12.9. The highest BCUT2D eigenvalue weighted by atomic mass is 32.2. The molecule has 47 heavy (non-hydrogen) atoms. The van der Waals surface area contributed by atoms with Gasteiger partial charge < -0.3 is 14.9 Å². The number of aryl methyl sites for hydroxylation is 1. The highest BCUT2D eigenvalue weighted by molar-refractivity contribution is 7.89. The lowest BCUT2D eigenvalue weighted by Crippen LogP contribution is -2.27. The molecule has 12 heteroatoms. The van der Waals surface area contributed by atoms with Crippen molar-refractivity contribution in [2.45, 2.75) is 50.8 Å². The topological polar surface area (TPSA) is 142 Å². The van der Waals surface area contributed by atoms with Crippen LogP contribution in [0.15, 0.2) is 75.9 Å². The van der Waals surface area contributed by atoms with Gasteiger partial charge in [-0.3, -0.25) is 14.6 Å².